The summed E-state index contributed by atoms with van der Waals surface area (Å²) in [6.07, 6.45) is 1.50. The minimum atomic E-state index is -0.212. The Balaban J connectivity index is 2.68. The number of nitrogens with zero attached hydrogens (tertiary/aromatic N) is 1. The van der Waals surface area contributed by atoms with Gasteiger partial charge in [0.05, 0.1) is 11.9 Å². The van der Waals surface area contributed by atoms with Gasteiger partial charge in [-0.1, -0.05) is 11.6 Å². The number of ether oxygens (including phenoxy) is 1. The average Bonchev–Trinajstić information content (AvgIpc) is 2.12. The molecule has 0 unspecified atom stereocenters. The molecule has 0 saturated carbocycles. The second-order valence-electron chi connectivity index (χ2n) is 2.81. The third-order valence-corrected chi connectivity index (χ3v) is 1.97. The Morgan fingerprint density at radius 1 is 1.71 bits per heavy atom. The number of nitrogens with one attached hydrogen (secondary N) is 1. The molecule has 0 saturated heterocycles. The molecule has 0 atom stereocenters. The van der Waals surface area contributed by atoms with E-state index in [0.717, 1.165) is 5.56 Å². The minimum Gasteiger partial charge on any atom is -0.375 e. The van der Waals surface area contributed by atoms with Crippen LogP contribution in [0.4, 0.5) is 5.69 Å². The van der Waals surface area contributed by atoms with E-state index >= 15 is 0 Å². The second kappa shape index (κ2) is 4.93. The monoisotopic (exact) mass is 214 g/mol. The lowest BCUT2D eigenvalue weighted by Gasteiger charge is -2.05. The smallest absolute Gasteiger partial charge is 0.250 e. The Morgan fingerprint density at radius 3 is 3.00 bits per heavy atom. The molecule has 0 aliphatic carbocycles. The maximum Gasteiger partial charge on any atom is 0.250 e. The van der Waals surface area contributed by atoms with E-state index in [-0.39, 0.29) is 12.5 Å². The Bertz CT molecular complexity index is 342. The largest absolute Gasteiger partial charge is 0.375 e. The topological polar surface area (TPSA) is 51.2 Å². The van der Waals surface area contributed by atoms with Crippen LogP contribution in [0.3, 0.4) is 0 Å². The zero-order valence-corrected chi connectivity index (χ0v) is 8.76. The van der Waals surface area contributed by atoms with Crippen LogP contribution in [0.25, 0.3) is 0 Å². The van der Waals surface area contributed by atoms with Crippen LogP contribution in [0.15, 0.2) is 12.3 Å². The van der Waals surface area contributed by atoms with Gasteiger partial charge in [0.25, 0.3) is 0 Å². The normalized spacial score (nSPS) is 9.93. The Labute approximate surface area is 87.2 Å². The van der Waals surface area contributed by atoms with Crippen LogP contribution in [-0.4, -0.2) is 24.6 Å². The first-order valence-electron chi connectivity index (χ1n) is 4.04. The van der Waals surface area contributed by atoms with Gasteiger partial charge >= 0.3 is 0 Å². The molecule has 5 heteroatoms. The zero-order chi connectivity index (χ0) is 10.6. The predicted octanol–water partition coefficient (Wildman–Crippen LogP) is 1.63. The first-order valence-corrected chi connectivity index (χ1v) is 4.42. The predicted molar refractivity (Wildman–Crippen MR) is 54.5 cm³/mol. The van der Waals surface area contributed by atoms with Crippen molar-refractivity contribution in [2.45, 2.75) is 6.92 Å². The number of amides is 1. The summed E-state index contributed by atoms with van der Waals surface area (Å²) in [6.45, 7) is 1.85. The fraction of sp³-hybridized carbons (Fsp3) is 0.333. The molecule has 1 aromatic rings. The molecule has 0 spiro atoms. The third-order valence-electron chi connectivity index (χ3n) is 1.57. The van der Waals surface area contributed by atoms with E-state index in [1.165, 1.54) is 13.3 Å². The second-order valence-corrected chi connectivity index (χ2v) is 3.17. The molecule has 1 aromatic heterocycles. The van der Waals surface area contributed by atoms with Gasteiger partial charge in [0, 0.05) is 7.11 Å². The maximum atomic E-state index is 11.1. The molecule has 4 nitrogen and oxygen atoms in total. The van der Waals surface area contributed by atoms with E-state index in [1.54, 1.807) is 6.07 Å². The van der Waals surface area contributed by atoms with Gasteiger partial charge in [-0.3, -0.25) is 4.79 Å². The number of halogens is 1. The molecule has 14 heavy (non-hydrogen) atoms. The van der Waals surface area contributed by atoms with Crippen molar-refractivity contribution >= 4 is 23.2 Å². The highest BCUT2D eigenvalue weighted by Gasteiger charge is 2.03. The summed E-state index contributed by atoms with van der Waals surface area (Å²) < 4.78 is 4.67. The minimum absolute atomic E-state index is 0.0294. The van der Waals surface area contributed by atoms with Gasteiger partial charge < -0.3 is 10.1 Å². The molecule has 1 rings (SSSR count). The van der Waals surface area contributed by atoms with Gasteiger partial charge in [0.1, 0.15) is 11.8 Å². The summed E-state index contributed by atoms with van der Waals surface area (Å²) in [5, 5.41) is 3.07. The number of pyridine rings is 1. The van der Waals surface area contributed by atoms with Crippen molar-refractivity contribution in [1.82, 2.24) is 4.98 Å². The van der Waals surface area contributed by atoms with Crippen LogP contribution < -0.4 is 5.32 Å². The van der Waals surface area contributed by atoms with Gasteiger partial charge in [-0.25, -0.2) is 4.98 Å². The molecule has 0 aliphatic rings. The van der Waals surface area contributed by atoms with Crippen molar-refractivity contribution in [2.24, 2.45) is 0 Å². The van der Waals surface area contributed by atoms with Crippen molar-refractivity contribution in [3.8, 4) is 0 Å². The van der Waals surface area contributed by atoms with E-state index in [1.807, 2.05) is 6.92 Å². The summed E-state index contributed by atoms with van der Waals surface area (Å²) in [4.78, 5) is 15.0. The Morgan fingerprint density at radius 2 is 2.43 bits per heavy atom. The number of carbonyl (C=O) groups is 1. The third kappa shape index (κ3) is 2.97. The van der Waals surface area contributed by atoms with Gasteiger partial charge in [-0.05, 0) is 18.6 Å². The standard InChI is InChI=1S/C9H11ClN2O2/c1-6-3-7(4-11-9(6)10)12-8(13)5-14-2/h3-4H,5H2,1-2H3,(H,12,13). The summed E-state index contributed by atoms with van der Waals surface area (Å²) in [5.74, 6) is -0.212. The van der Waals surface area contributed by atoms with Gasteiger partial charge in [0.15, 0.2) is 0 Å². The number of aromatic nitrogens is 1. The molecule has 0 bridgehead atoms. The Kier molecular flexibility index (Phi) is 3.85. The van der Waals surface area contributed by atoms with Gasteiger partial charge in [0.2, 0.25) is 5.91 Å². The summed E-state index contributed by atoms with van der Waals surface area (Å²) >= 11 is 5.73. The summed E-state index contributed by atoms with van der Waals surface area (Å²) in [6, 6.07) is 1.75. The molecule has 1 heterocycles. The van der Waals surface area contributed by atoms with Crippen LogP contribution in [0.5, 0.6) is 0 Å². The van der Waals surface area contributed by atoms with E-state index in [2.05, 4.69) is 15.0 Å². The molecular formula is C9H11ClN2O2. The molecule has 1 N–H and O–H groups in total. The first-order chi connectivity index (χ1) is 6.63. The fourth-order valence-electron chi connectivity index (χ4n) is 0.955. The van der Waals surface area contributed by atoms with Crippen LogP contribution in [-0.2, 0) is 9.53 Å². The van der Waals surface area contributed by atoms with E-state index in [9.17, 15) is 4.79 Å². The van der Waals surface area contributed by atoms with Crippen LogP contribution in [0, 0.1) is 6.92 Å². The molecule has 0 aliphatic heterocycles. The number of hydrogen-bond acceptors (Lipinski definition) is 3. The molecule has 76 valence electrons. The van der Waals surface area contributed by atoms with E-state index in [4.69, 9.17) is 11.6 Å². The lowest BCUT2D eigenvalue weighted by molar-refractivity contribution is -0.119. The average molecular weight is 215 g/mol. The maximum absolute atomic E-state index is 11.1. The first kappa shape index (κ1) is 10.9. The quantitative estimate of drug-likeness (QED) is 0.779. The van der Waals surface area contributed by atoms with Crippen molar-refractivity contribution in [3.63, 3.8) is 0 Å². The van der Waals surface area contributed by atoms with Crippen molar-refractivity contribution < 1.29 is 9.53 Å². The van der Waals surface area contributed by atoms with Gasteiger partial charge in [-0.15, -0.1) is 0 Å². The number of aryl methyl sites for hydroxylation is 1. The number of hydrogen-bond donors (Lipinski definition) is 1. The lowest BCUT2D eigenvalue weighted by atomic mass is 10.3. The number of rotatable bonds is 3. The molecular weight excluding hydrogens is 204 g/mol. The number of anilines is 1. The van der Waals surface area contributed by atoms with E-state index < -0.39 is 0 Å². The highest BCUT2D eigenvalue weighted by Crippen LogP contribution is 2.15. The molecule has 0 radical (unpaired) electrons. The number of methoxy groups -OCH3 is 1. The van der Waals surface area contributed by atoms with Crippen molar-refractivity contribution in [1.29, 1.82) is 0 Å². The lowest BCUT2D eigenvalue weighted by Crippen LogP contribution is -2.17. The van der Waals surface area contributed by atoms with Crippen LogP contribution in [0.1, 0.15) is 5.56 Å². The van der Waals surface area contributed by atoms with Crippen LogP contribution >= 0.6 is 11.6 Å². The Hall–Kier alpha value is -1.13. The molecule has 0 aromatic carbocycles. The molecule has 1 amide bonds. The van der Waals surface area contributed by atoms with Crippen molar-refractivity contribution in [3.05, 3.63) is 23.0 Å². The highest BCUT2D eigenvalue weighted by atomic mass is 35.5. The van der Waals surface area contributed by atoms with Crippen LogP contribution in [0.2, 0.25) is 5.15 Å². The summed E-state index contributed by atoms with van der Waals surface area (Å²) in [5.41, 5.74) is 1.44. The zero-order valence-electron chi connectivity index (χ0n) is 8.00. The summed E-state index contributed by atoms with van der Waals surface area (Å²) in [7, 11) is 1.46. The highest BCUT2D eigenvalue weighted by molar-refractivity contribution is 6.30. The van der Waals surface area contributed by atoms with Gasteiger partial charge in [-0.2, -0.15) is 0 Å². The fourth-order valence-corrected chi connectivity index (χ4v) is 1.06. The SMILES string of the molecule is COCC(=O)Nc1cnc(Cl)c(C)c1. The number of carbonyl (C=O) groups excluding carboxylic acids is 1. The van der Waals surface area contributed by atoms with Crippen molar-refractivity contribution in [2.75, 3.05) is 19.0 Å². The molecule has 0 fully saturated rings. The van der Waals surface area contributed by atoms with E-state index in [0.29, 0.717) is 10.8 Å².